The van der Waals surface area contributed by atoms with Crippen molar-refractivity contribution in [2.24, 2.45) is 5.41 Å². The van der Waals surface area contributed by atoms with Gasteiger partial charge in [-0.15, -0.1) is 10.2 Å². The van der Waals surface area contributed by atoms with Crippen LogP contribution in [0, 0.1) is 16.7 Å². The molecule has 3 heterocycles. The zero-order valence-corrected chi connectivity index (χ0v) is 12.7. The second kappa shape index (κ2) is 5.18. The molecule has 0 aliphatic carbocycles. The molecule has 0 spiro atoms. The van der Waals surface area contributed by atoms with E-state index in [1.807, 2.05) is 12.1 Å². The fourth-order valence-corrected chi connectivity index (χ4v) is 2.34. The molecule has 0 amide bonds. The number of hydrogen-bond donors (Lipinski definition) is 0. The number of hydrogen-bond acceptors (Lipinski definition) is 6. The summed E-state index contributed by atoms with van der Waals surface area (Å²) >= 11 is 0. The summed E-state index contributed by atoms with van der Waals surface area (Å²) in [6, 6.07) is 3.99. The quantitative estimate of drug-likeness (QED) is 0.724. The second-order valence-corrected chi connectivity index (χ2v) is 6.33. The Balaban J connectivity index is 2.13. The molecule has 22 heavy (non-hydrogen) atoms. The minimum absolute atomic E-state index is 0.0637. The molecule has 0 aliphatic heterocycles. The van der Waals surface area contributed by atoms with Crippen LogP contribution in [0.3, 0.4) is 0 Å². The van der Waals surface area contributed by atoms with Gasteiger partial charge < -0.3 is 4.57 Å². The van der Waals surface area contributed by atoms with E-state index in [9.17, 15) is 0 Å². The van der Waals surface area contributed by atoms with Gasteiger partial charge in [0.15, 0.2) is 6.33 Å². The van der Waals surface area contributed by atoms with Crippen LogP contribution >= 0.6 is 0 Å². The van der Waals surface area contributed by atoms with E-state index in [4.69, 9.17) is 5.26 Å². The molecule has 0 aromatic carbocycles. The first-order valence-corrected chi connectivity index (χ1v) is 6.92. The van der Waals surface area contributed by atoms with Gasteiger partial charge in [0.05, 0.1) is 0 Å². The first-order valence-electron chi connectivity index (χ1n) is 6.92. The molecule has 0 bridgehead atoms. The Labute approximate surface area is 127 Å². The maximum Gasteiger partial charge on any atom is 0.234 e. The van der Waals surface area contributed by atoms with Crippen molar-refractivity contribution in [2.75, 3.05) is 0 Å². The van der Waals surface area contributed by atoms with Crippen LogP contribution in [0.25, 0.3) is 11.0 Å². The Morgan fingerprint density at radius 2 is 2.14 bits per heavy atom. The van der Waals surface area contributed by atoms with E-state index >= 15 is 0 Å². The van der Waals surface area contributed by atoms with Gasteiger partial charge in [-0.05, 0) is 16.7 Å². The van der Waals surface area contributed by atoms with Crippen LogP contribution in [0.15, 0.2) is 18.6 Å². The van der Waals surface area contributed by atoms with Crippen LogP contribution in [0.2, 0.25) is 0 Å². The van der Waals surface area contributed by atoms with Gasteiger partial charge in [0.25, 0.3) is 0 Å². The van der Waals surface area contributed by atoms with Crippen molar-refractivity contribution >= 4 is 11.0 Å². The van der Waals surface area contributed by atoms with Crippen molar-refractivity contribution in [1.82, 2.24) is 34.7 Å². The normalized spacial score (nSPS) is 11.7. The SMILES string of the molecule is CC(C)(C)Cn1c(Cn2ncnn2)cc2cnc(C#N)nc21. The van der Waals surface area contributed by atoms with Gasteiger partial charge >= 0.3 is 0 Å². The first kappa shape index (κ1) is 14.1. The molecule has 3 rings (SSSR count). The first-order chi connectivity index (χ1) is 10.5. The Morgan fingerprint density at radius 1 is 1.32 bits per heavy atom. The van der Waals surface area contributed by atoms with Crippen LogP contribution in [0.1, 0.15) is 32.3 Å². The van der Waals surface area contributed by atoms with E-state index < -0.39 is 0 Å². The molecule has 0 radical (unpaired) electrons. The average molecular weight is 296 g/mol. The van der Waals surface area contributed by atoms with Crippen molar-refractivity contribution in [2.45, 2.75) is 33.9 Å². The summed E-state index contributed by atoms with van der Waals surface area (Å²) in [5.74, 6) is 0.172. The minimum Gasteiger partial charge on any atom is -0.327 e. The number of aromatic nitrogens is 7. The summed E-state index contributed by atoms with van der Waals surface area (Å²) < 4.78 is 2.10. The third-order valence-electron chi connectivity index (χ3n) is 3.15. The number of fused-ring (bicyclic) bond motifs is 1. The monoisotopic (exact) mass is 296 g/mol. The summed E-state index contributed by atoms with van der Waals surface area (Å²) in [5, 5.41) is 21.6. The highest BCUT2D eigenvalue weighted by Crippen LogP contribution is 2.24. The number of nitriles is 1. The van der Waals surface area contributed by atoms with Crippen molar-refractivity contribution in [1.29, 1.82) is 5.26 Å². The molecule has 0 saturated carbocycles. The van der Waals surface area contributed by atoms with Gasteiger partial charge in [0.1, 0.15) is 18.3 Å². The lowest BCUT2D eigenvalue weighted by molar-refractivity contribution is 0.340. The average Bonchev–Trinajstić information content (AvgIpc) is 3.07. The summed E-state index contributed by atoms with van der Waals surface area (Å²) in [4.78, 5) is 9.91. The third kappa shape index (κ3) is 2.79. The molecule has 8 heteroatoms. The molecule has 0 aliphatic rings. The van der Waals surface area contributed by atoms with Crippen molar-refractivity contribution in [3.63, 3.8) is 0 Å². The highest BCUT2D eigenvalue weighted by atomic mass is 15.6. The Hall–Kier alpha value is -2.82. The van der Waals surface area contributed by atoms with Crippen molar-refractivity contribution in [3.8, 4) is 6.07 Å². The van der Waals surface area contributed by atoms with Crippen molar-refractivity contribution in [3.05, 3.63) is 30.1 Å². The lowest BCUT2D eigenvalue weighted by atomic mass is 9.97. The maximum absolute atomic E-state index is 9.02. The van der Waals surface area contributed by atoms with E-state index in [1.54, 1.807) is 6.20 Å². The molecule has 0 saturated heterocycles. The zero-order valence-electron chi connectivity index (χ0n) is 12.7. The molecule has 112 valence electrons. The largest absolute Gasteiger partial charge is 0.327 e. The third-order valence-corrected chi connectivity index (χ3v) is 3.15. The molecule has 0 unspecified atom stereocenters. The smallest absolute Gasteiger partial charge is 0.234 e. The van der Waals surface area contributed by atoms with Crippen LogP contribution in [0.5, 0.6) is 0 Å². The second-order valence-electron chi connectivity index (χ2n) is 6.33. The number of rotatable bonds is 3. The van der Waals surface area contributed by atoms with E-state index in [0.29, 0.717) is 6.54 Å². The predicted octanol–water partition coefficient (Wildman–Crippen LogP) is 1.38. The van der Waals surface area contributed by atoms with Gasteiger partial charge in [-0.1, -0.05) is 20.8 Å². The fourth-order valence-electron chi connectivity index (χ4n) is 2.34. The van der Waals surface area contributed by atoms with Gasteiger partial charge in [0.2, 0.25) is 5.82 Å². The molecular formula is C14H16N8. The van der Waals surface area contributed by atoms with Gasteiger partial charge in [-0.25, -0.2) is 9.97 Å². The van der Waals surface area contributed by atoms with Crippen LogP contribution in [0.4, 0.5) is 0 Å². The summed E-state index contributed by atoms with van der Waals surface area (Å²) in [5.41, 5.74) is 1.83. The lowest BCUT2D eigenvalue weighted by Gasteiger charge is -2.21. The lowest BCUT2D eigenvalue weighted by Crippen LogP contribution is -2.19. The maximum atomic E-state index is 9.02. The molecular weight excluding hydrogens is 280 g/mol. The Bertz CT molecular complexity index is 832. The molecule has 3 aromatic rings. The van der Waals surface area contributed by atoms with Gasteiger partial charge in [0, 0.05) is 23.8 Å². The standard InChI is InChI=1S/C14H16N8/c1-14(2,3)8-21-11(7-22-18-9-17-20-22)4-10-6-16-12(5-15)19-13(10)21/h4,6,9H,7-8H2,1-3H3. The minimum atomic E-state index is 0.0637. The van der Waals surface area contributed by atoms with Crippen LogP contribution < -0.4 is 0 Å². The van der Waals surface area contributed by atoms with Crippen LogP contribution in [-0.2, 0) is 13.1 Å². The summed E-state index contributed by atoms with van der Waals surface area (Å²) in [6.07, 6.45) is 3.09. The molecule has 0 fully saturated rings. The fraction of sp³-hybridized carbons (Fsp3) is 0.429. The molecule has 0 N–H and O–H groups in total. The molecule has 8 nitrogen and oxygen atoms in total. The topological polar surface area (TPSA) is 98.1 Å². The van der Waals surface area contributed by atoms with E-state index in [-0.39, 0.29) is 11.2 Å². The van der Waals surface area contributed by atoms with Crippen molar-refractivity contribution < 1.29 is 0 Å². The summed E-state index contributed by atoms with van der Waals surface area (Å²) in [7, 11) is 0. The zero-order chi connectivity index (χ0) is 15.7. The molecule has 0 atom stereocenters. The number of nitrogens with zero attached hydrogens (tertiary/aromatic N) is 8. The highest BCUT2D eigenvalue weighted by Gasteiger charge is 2.18. The number of tetrazole rings is 1. The van der Waals surface area contributed by atoms with Gasteiger partial charge in [-0.2, -0.15) is 10.1 Å². The van der Waals surface area contributed by atoms with Crippen LogP contribution in [-0.4, -0.2) is 34.7 Å². The molecule has 3 aromatic heterocycles. The Kier molecular flexibility index (Phi) is 3.33. The predicted molar refractivity (Wildman–Crippen MR) is 78.6 cm³/mol. The van der Waals surface area contributed by atoms with E-state index in [0.717, 1.165) is 23.3 Å². The summed E-state index contributed by atoms with van der Waals surface area (Å²) in [6.45, 7) is 7.73. The van der Waals surface area contributed by atoms with E-state index in [1.165, 1.54) is 11.1 Å². The van der Waals surface area contributed by atoms with E-state index in [2.05, 4.69) is 50.7 Å². The Morgan fingerprint density at radius 3 is 2.77 bits per heavy atom. The van der Waals surface area contributed by atoms with Gasteiger partial charge in [-0.3, -0.25) is 0 Å². The highest BCUT2D eigenvalue weighted by molar-refractivity contribution is 5.77.